The molecular formula is C46H51N3O6. The van der Waals surface area contributed by atoms with E-state index < -0.39 is 17.1 Å². The largest absolute Gasteiger partial charge is 0.497 e. The lowest BCUT2D eigenvalue weighted by molar-refractivity contribution is -0.151. The molecule has 4 heterocycles. The highest BCUT2D eigenvalue weighted by Crippen LogP contribution is 2.60. The van der Waals surface area contributed by atoms with Gasteiger partial charge in [-0.25, -0.2) is 0 Å². The minimum Gasteiger partial charge on any atom is -0.497 e. The summed E-state index contributed by atoms with van der Waals surface area (Å²) < 4.78 is 12.7. The van der Waals surface area contributed by atoms with Gasteiger partial charge in [-0.05, 0) is 77.3 Å². The number of aliphatic hydroxyl groups excluding tert-OH is 1. The van der Waals surface area contributed by atoms with Crippen molar-refractivity contribution in [3.63, 3.8) is 0 Å². The lowest BCUT2D eigenvalue weighted by Crippen LogP contribution is -2.48. The van der Waals surface area contributed by atoms with Gasteiger partial charge >= 0.3 is 0 Å². The zero-order valence-corrected chi connectivity index (χ0v) is 32.2. The number of ether oxygens (including phenoxy) is 2. The van der Waals surface area contributed by atoms with Gasteiger partial charge in [0.25, 0.3) is 5.91 Å². The average molecular weight is 742 g/mol. The Morgan fingerprint density at radius 1 is 0.927 bits per heavy atom. The molecule has 2 fully saturated rings. The predicted octanol–water partition coefficient (Wildman–Crippen LogP) is 6.92. The number of carbonyl (C=O) groups is 3. The molecule has 2 saturated heterocycles. The van der Waals surface area contributed by atoms with Crippen molar-refractivity contribution in [1.29, 1.82) is 0 Å². The first-order valence-electron chi connectivity index (χ1n) is 19.7. The third-order valence-electron chi connectivity index (χ3n) is 12.9. The molecule has 9 heteroatoms. The summed E-state index contributed by atoms with van der Waals surface area (Å²) in [5, 5.41) is 10.5. The quantitative estimate of drug-likeness (QED) is 0.200. The fraction of sp³-hybridized carbons (Fsp3) is 0.413. The number of hydrogen-bond acceptors (Lipinski definition) is 6. The average Bonchev–Trinajstić information content (AvgIpc) is 3.63. The number of para-hydroxylation sites is 1. The van der Waals surface area contributed by atoms with Crippen molar-refractivity contribution in [2.24, 2.45) is 11.8 Å². The lowest BCUT2D eigenvalue weighted by Gasteiger charge is -2.40. The molecule has 1 spiro atoms. The van der Waals surface area contributed by atoms with Crippen LogP contribution in [0.5, 0.6) is 5.75 Å². The second-order valence-electron chi connectivity index (χ2n) is 16.3. The summed E-state index contributed by atoms with van der Waals surface area (Å²) in [7, 11) is 1.65. The van der Waals surface area contributed by atoms with Crippen molar-refractivity contribution in [3.8, 4) is 5.75 Å². The van der Waals surface area contributed by atoms with E-state index in [1.54, 1.807) is 12.0 Å². The molecular weight excluding hydrogens is 691 g/mol. The smallest absolute Gasteiger partial charge is 0.264 e. The van der Waals surface area contributed by atoms with Crippen LogP contribution < -0.4 is 14.5 Å². The topological polar surface area (TPSA) is 99.6 Å². The molecule has 5 atom stereocenters. The van der Waals surface area contributed by atoms with Gasteiger partial charge < -0.3 is 29.3 Å². The summed E-state index contributed by atoms with van der Waals surface area (Å²) in [6, 6.07) is 31.6. The van der Waals surface area contributed by atoms with E-state index in [-0.39, 0.29) is 48.6 Å². The van der Waals surface area contributed by atoms with Crippen LogP contribution in [-0.2, 0) is 49.6 Å². The molecule has 4 aromatic carbocycles. The maximum atomic E-state index is 15.2. The highest BCUT2D eigenvalue weighted by molar-refractivity contribution is 6.07. The Labute approximate surface area is 323 Å². The summed E-state index contributed by atoms with van der Waals surface area (Å²) in [5.74, 6) is 0.111. The van der Waals surface area contributed by atoms with Crippen LogP contribution >= 0.6 is 0 Å². The standard InChI is InChI=1S/C46H51N3O6/c1-30-43(45(2,3)34-18-22-37(54-4)23-19-34)40(26-42(52)48-28-33-12-6-5-11-32(33)25-36(48)29-50)55-46(30)38-13-7-8-14-39(38)49(44(46)53)27-31-16-20-35(21-17-31)47-24-10-9-15-41(47)51/h5-8,11-14,16-23,30,36,40,43,50H,9-10,15,24-29H2,1-4H3/t30-,36+,40+,43-,46+/m1/s1. The van der Waals surface area contributed by atoms with Crippen molar-refractivity contribution in [1.82, 2.24) is 4.90 Å². The number of amides is 3. The van der Waals surface area contributed by atoms with Gasteiger partial charge in [0.2, 0.25) is 11.8 Å². The second-order valence-corrected chi connectivity index (χ2v) is 16.3. The Morgan fingerprint density at radius 2 is 1.64 bits per heavy atom. The second kappa shape index (κ2) is 14.6. The molecule has 0 aliphatic carbocycles. The van der Waals surface area contributed by atoms with E-state index >= 15 is 4.79 Å². The first-order valence-corrected chi connectivity index (χ1v) is 19.7. The van der Waals surface area contributed by atoms with Crippen LogP contribution in [0.2, 0.25) is 0 Å². The monoisotopic (exact) mass is 741 g/mol. The zero-order valence-electron chi connectivity index (χ0n) is 32.2. The number of nitrogens with zero attached hydrogens (tertiary/aromatic N) is 3. The van der Waals surface area contributed by atoms with Crippen LogP contribution in [0.15, 0.2) is 97.1 Å². The van der Waals surface area contributed by atoms with Gasteiger partial charge in [-0.3, -0.25) is 14.4 Å². The molecule has 3 amide bonds. The van der Waals surface area contributed by atoms with Crippen LogP contribution in [0.25, 0.3) is 0 Å². The third-order valence-corrected chi connectivity index (χ3v) is 12.9. The molecule has 0 saturated carbocycles. The van der Waals surface area contributed by atoms with Crippen LogP contribution in [0.1, 0.15) is 74.3 Å². The number of hydrogen-bond donors (Lipinski definition) is 1. The number of carbonyl (C=O) groups excluding carboxylic acids is 3. The van der Waals surface area contributed by atoms with Gasteiger partial charge in [0.15, 0.2) is 5.60 Å². The number of piperidine rings is 1. The normalized spacial score (nSPS) is 25.0. The molecule has 0 bridgehead atoms. The van der Waals surface area contributed by atoms with Crippen LogP contribution in [0.3, 0.4) is 0 Å². The van der Waals surface area contributed by atoms with E-state index in [0.29, 0.717) is 25.9 Å². The van der Waals surface area contributed by atoms with Crippen LogP contribution in [0, 0.1) is 11.8 Å². The summed E-state index contributed by atoms with van der Waals surface area (Å²) in [6.07, 6.45) is 2.54. The highest BCUT2D eigenvalue weighted by Gasteiger charge is 2.66. The zero-order chi connectivity index (χ0) is 38.5. The molecule has 9 nitrogen and oxygen atoms in total. The van der Waals surface area contributed by atoms with Gasteiger partial charge in [0.1, 0.15) is 5.75 Å². The lowest BCUT2D eigenvalue weighted by atomic mass is 9.63. The van der Waals surface area contributed by atoms with E-state index in [4.69, 9.17) is 9.47 Å². The molecule has 4 aromatic rings. The Kier molecular flexibility index (Phi) is 9.80. The molecule has 4 aliphatic heterocycles. The van der Waals surface area contributed by atoms with Gasteiger partial charge in [-0.2, -0.15) is 0 Å². The number of methoxy groups -OCH3 is 1. The Balaban J connectivity index is 1.14. The number of aliphatic hydroxyl groups is 1. The molecule has 0 unspecified atom stereocenters. The van der Waals surface area contributed by atoms with E-state index in [2.05, 4.69) is 39.0 Å². The Bertz CT molecular complexity index is 2080. The summed E-state index contributed by atoms with van der Waals surface area (Å²) in [6.45, 7) is 7.81. The summed E-state index contributed by atoms with van der Waals surface area (Å²) in [5.41, 5.74) is 4.89. The van der Waals surface area contributed by atoms with Crippen molar-refractivity contribution in [2.45, 2.75) is 89.1 Å². The van der Waals surface area contributed by atoms with Gasteiger partial charge in [-0.15, -0.1) is 0 Å². The maximum Gasteiger partial charge on any atom is 0.264 e. The molecule has 8 rings (SSSR count). The van der Waals surface area contributed by atoms with E-state index in [1.807, 2.05) is 88.7 Å². The number of anilines is 2. The molecule has 0 aromatic heterocycles. The first kappa shape index (κ1) is 37.0. The first-order chi connectivity index (χ1) is 26.6. The third kappa shape index (κ3) is 6.31. The number of benzene rings is 4. The Morgan fingerprint density at radius 3 is 2.35 bits per heavy atom. The molecule has 0 radical (unpaired) electrons. The minimum atomic E-state index is -1.32. The van der Waals surface area contributed by atoms with Gasteiger partial charge in [0.05, 0.1) is 44.5 Å². The highest BCUT2D eigenvalue weighted by atomic mass is 16.5. The minimum absolute atomic E-state index is 0.0706. The molecule has 286 valence electrons. The molecule has 4 aliphatic rings. The maximum absolute atomic E-state index is 15.2. The Hall–Kier alpha value is -4.99. The number of fused-ring (bicyclic) bond motifs is 3. The molecule has 1 N–H and O–H groups in total. The van der Waals surface area contributed by atoms with Crippen molar-refractivity contribution in [3.05, 3.63) is 125 Å². The van der Waals surface area contributed by atoms with Gasteiger partial charge in [-0.1, -0.05) is 87.5 Å². The van der Waals surface area contributed by atoms with Crippen LogP contribution in [0.4, 0.5) is 11.4 Å². The van der Waals surface area contributed by atoms with E-state index in [1.165, 1.54) is 0 Å². The fourth-order valence-electron chi connectivity index (χ4n) is 10.00. The van der Waals surface area contributed by atoms with E-state index in [9.17, 15) is 14.7 Å². The SMILES string of the molecule is COc1ccc(C(C)(C)[C@H]2[C@H](CC(=O)N3Cc4ccccc4C[C@H]3CO)O[C@@]3(C(=O)N(Cc4ccc(N5CCCCC5=O)cc4)c4ccccc43)[C@@H]2C)cc1. The predicted molar refractivity (Wildman–Crippen MR) is 212 cm³/mol. The van der Waals surface area contributed by atoms with Crippen molar-refractivity contribution in [2.75, 3.05) is 30.1 Å². The van der Waals surface area contributed by atoms with Crippen molar-refractivity contribution < 1.29 is 29.0 Å². The van der Waals surface area contributed by atoms with Crippen LogP contribution in [-0.4, -0.2) is 60.1 Å². The van der Waals surface area contributed by atoms with E-state index in [0.717, 1.165) is 64.3 Å². The molecule has 55 heavy (non-hydrogen) atoms. The number of rotatable bonds is 9. The summed E-state index contributed by atoms with van der Waals surface area (Å²) in [4.78, 5) is 47.8. The van der Waals surface area contributed by atoms with Crippen molar-refractivity contribution >= 4 is 29.1 Å². The summed E-state index contributed by atoms with van der Waals surface area (Å²) >= 11 is 0. The fourth-order valence-corrected chi connectivity index (χ4v) is 10.00. The van der Waals surface area contributed by atoms with Gasteiger partial charge in [0, 0.05) is 42.6 Å².